The van der Waals surface area contributed by atoms with Crippen molar-refractivity contribution < 1.29 is 0 Å². The molecule has 0 amide bonds. The van der Waals surface area contributed by atoms with E-state index in [9.17, 15) is 0 Å². The Morgan fingerprint density at radius 2 is 1.95 bits per heavy atom. The van der Waals surface area contributed by atoms with Crippen LogP contribution in [0.25, 0.3) is 0 Å². The summed E-state index contributed by atoms with van der Waals surface area (Å²) >= 11 is 0. The third-order valence-electron chi connectivity index (χ3n) is 3.73. The molecule has 1 fully saturated rings. The number of hydrogen-bond acceptors (Lipinski definition) is 3. The predicted octanol–water partition coefficient (Wildman–Crippen LogP) is 3.52. The molecule has 0 bridgehead atoms. The van der Waals surface area contributed by atoms with E-state index in [0.29, 0.717) is 0 Å². The highest BCUT2D eigenvalue weighted by atomic mass is 15.2. The Bertz CT molecular complexity index is 444. The van der Waals surface area contributed by atoms with E-state index < -0.39 is 0 Å². The van der Waals surface area contributed by atoms with Gasteiger partial charge in [-0.25, -0.2) is 4.98 Å². The number of hydrogen-bond donors (Lipinski definition) is 1. The van der Waals surface area contributed by atoms with Gasteiger partial charge in [0.1, 0.15) is 5.82 Å². The molecule has 0 spiro atoms. The molecule has 0 aromatic carbocycles. The molecule has 0 aliphatic heterocycles. The van der Waals surface area contributed by atoms with Gasteiger partial charge in [0.2, 0.25) is 0 Å². The highest BCUT2D eigenvalue weighted by Crippen LogP contribution is 2.31. The summed E-state index contributed by atoms with van der Waals surface area (Å²) in [5, 5.41) is 3.57. The normalized spacial score (nSPS) is 15.4. The third-order valence-corrected chi connectivity index (χ3v) is 3.73. The number of nitrogens with one attached hydrogen (secondary N) is 1. The van der Waals surface area contributed by atoms with Crippen LogP contribution in [0.2, 0.25) is 0 Å². The summed E-state index contributed by atoms with van der Waals surface area (Å²) in [6.45, 7) is 13.0. The first kappa shape index (κ1) is 15.3. The largest absolute Gasteiger partial charge is 0.354 e. The van der Waals surface area contributed by atoms with Crippen LogP contribution in [0.5, 0.6) is 0 Å². The maximum Gasteiger partial charge on any atom is 0.129 e. The van der Waals surface area contributed by atoms with E-state index in [2.05, 4.69) is 57.0 Å². The Balaban J connectivity index is 2.19. The van der Waals surface area contributed by atoms with Crippen molar-refractivity contribution in [2.24, 2.45) is 0 Å². The molecular formula is C17H29N3. The second-order valence-corrected chi connectivity index (χ2v) is 6.80. The Morgan fingerprint density at radius 1 is 1.25 bits per heavy atom. The molecule has 1 aliphatic rings. The maximum atomic E-state index is 4.83. The lowest BCUT2D eigenvalue weighted by Gasteiger charge is -2.24. The Labute approximate surface area is 123 Å². The van der Waals surface area contributed by atoms with Crippen LogP contribution in [0.4, 0.5) is 5.82 Å². The monoisotopic (exact) mass is 275 g/mol. The highest BCUT2D eigenvalue weighted by molar-refractivity contribution is 5.45. The molecule has 0 saturated heterocycles. The second kappa shape index (κ2) is 6.13. The maximum absolute atomic E-state index is 4.83. The van der Waals surface area contributed by atoms with E-state index in [-0.39, 0.29) is 5.54 Å². The van der Waals surface area contributed by atoms with Gasteiger partial charge < -0.3 is 10.2 Å². The van der Waals surface area contributed by atoms with Crippen LogP contribution in [-0.2, 0) is 13.0 Å². The topological polar surface area (TPSA) is 28.2 Å². The Kier molecular flexibility index (Phi) is 4.69. The molecule has 1 saturated carbocycles. The lowest BCUT2D eigenvalue weighted by molar-refractivity contribution is 0.424. The van der Waals surface area contributed by atoms with Crippen LogP contribution in [-0.4, -0.2) is 23.1 Å². The minimum absolute atomic E-state index is 0.150. The molecule has 2 rings (SSSR count). The van der Waals surface area contributed by atoms with Crippen molar-refractivity contribution in [1.82, 2.24) is 10.3 Å². The standard InChI is InChI=1S/C17H29N3/c1-6-14-10-13(12-18-17(3,4)5)11-16(19-14)20(7-2)15-8-9-15/h10-11,15,18H,6-9,12H2,1-5H3. The van der Waals surface area contributed by atoms with Crippen molar-refractivity contribution in [3.63, 3.8) is 0 Å². The fourth-order valence-corrected chi connectivity index (χ4v) is 2.42. The minimum Gasteiger partial charge on any atom is -0.354 e. The van der Waals surface area contributed by atoms with Gasteiger partial charge >= 0.3 is 0 Å². The zero-order valence-electron chi connectivity index (χ0n) is 13.7. The number of anilines is 1. The van der Waals surface area contributed by atoms with Gasteiger partial charge in [0, 0.05) is 30.4 Å². The first-order chi connectivity index (χ1) is 9.43. The molecule has 1 heterocycles. The SMILES string of the molecule is CCc1cc(CNC(C)(C)C)cc(N(CC)C2CC2)n1. The van der Waals surface area contributed by atoms with Gasteiger partial charge in [-0.15, -0.1) is 0 Å². The first-order valence-corrected chi connectivity index (χ1v) is 7.94. The van der Waals surface area contributed by atoms with Crippen molar-refractivity contribution in [2.45, 2.75) is 72.0 Å². The average molecular weight is 275 g/mol. The first-order valence-electron chi connectivity index (χ1n) is 7.94. The number of nitrogens with zero attached hydrogens (tertiary/aromatic N) is 2. The van der Waals surface area contributed by atoms with Gasteiger partial charge in [-0.2, -0.15) is 0 Å². The average Bonchev–Trinajstić information content (AvgIpc) is 3.21. The Morgan fingerprint density at radius 3 is 2.45 bits per heavy atom. The van der Waals surface area contributed by atoms with E-state index in [4.69, 9.17) is 4.98 Å². The fourth-order valence-electron chi connectivity index (χ4n) is 2.42. The van der Waals surface area contributed by atoms with Gasteiger partial charge in [0.05, 0.1) is 0 Å². The van der Waals surface area contributed by atoms with E-state index in [1.54, 1.807) is 0 Å². The van der Waals surface area contributed by atoms with Crippen LogP contribution < -0.4 is 10.2 Å². The molecule has 3 nitrogen and oxygen atoms in total. The van der Waals surface area contributed by atoms with Gasteiger partial charge in [-0.3, -0.25) is 0 Å². The third kappa shape index (κ3) is 4.20. The molecule has 1 aromatic rings. The summed E-state index contributed by atoms with van der Waals surface area (Å²) in [5.74, 6) is 1.17. The molecule has 0 atom stereocenters. The van der Waals surface area contributed by atoms with E-state index in [0.717, 1.165) is 25.6 Å². The molecule has 20 heavy (non-hydrogen) atoms. The smallest absolute Gasteiger partial charge is 0.129 e. The van der Waals surface area contributed by atoms with E-state index >= 15 is 0 Å². The van der Waals surface area contributed by atoms with Crippen LogP contribution in [0, 0.1) is 0 Å². The summed E-state index contributed by atoms with van der Waals surface area (Å²) in [6.07, 6.45) is 3.64. The van der Waals surface area contributed by atoms with Gasteiger partial charge in [0.15, 0.2) is 0 Å². The summed E-state index contributed by atoms with van der Waals surface area (Å²) < 4.78 is 0. The van der Waals surface area contributed by atoms with Crippen LogP contribution in [0.3, 0.4) is 0 Å². The number of aryl methyl sites for hydroxylation is 1. The molecule has 3 heteroatoms. The van der Waals surface area contributed by atoms with Crippen LogP contribution in [0.1, 0.15) is 58.7 Å². The fraction of sp³-hybridized carbons (Fsp3) is 0.706. The molecule has 1 N–H and O–H groups in total. The number of rotatable bonds is 6. The lowest BCUT2D eigenvalue weighted by atomic mass is 10.1. The quantitative estimate of drug-likeness (QED) is 0.861. The molecular weight excluding hydrogens is 246 g/mol. The molecule has 1 aromatic heterocycles. The van der Waals surface area contributed by atoms with Crippen molar-refractivity contribution in [3.8, 4) is 0 Å². The van der Waals surface area contributed by atoms with Crippen molar-refractivity contribution in [1.29, 1.82) is 0 Å². The summed E-state index contributed by atoms with van der Waals surface area (Å²) in [4.78, 5) is 7.28. The predicted molar refractivity (Wildman–Crippen MR) is 86.2 cm³/mol. The minimum atomic E-state index is 0.150. The van der Waals surface area contributed by atoms with E-state index in [1.165, 1.54) is 29.9 Å². The number of aromatic nitrogens is 1. The molecule has 112 valence electrons. The second-order valence-electron chi connectivity index (χ2n) is 6.80. The highest BCUT2D eigenvalue weighted by Gasteiger charge is 2.29. The van der Waals surface area contributed by atoms with Gasteiger partial charge in [-0.1, -0.05) is 6.92 Å². The van der Waals surface area contributed by atoms with Crippen molar-refractivity contribution >= 4 is 5.82 Å². The van der Waals surface area contributed by atoms with E-state index in [1.807, 2.05) is 0 Å². The van der Waals surface area contributed by atoms with Gasteiger partial charge in [0.25, 0.3) is 0 Å². The Hall–Kier alpha value is -1.09. The van der Waals surface area contributed by atoms with Gasteiger partial charge in [-0.05, 0) is 64.7 Å². The van der Waals surface area contributed by atoms with Crippen molar-refractivity contribution in [2.75, 3.05) is 11.4 Å². The summed E-state index contributed by atoms with van der Waals surface area (Å²) in [5.41, 5.74) is 2.70. The van der Waals surface area contributed by atoms with Crippen LogP contribution in [0.15, 0.2) is 12.1 Å². The molecule has 0 unspecified atom stereocenters. The number of pyridine rings is 1. The molecule has 1 aliphatic carbocycles. The zero-order valence-corrected chi connectivity index (χ0v) is 13.7. The van der Waals surface area contributed by atoms with Crippen molar-refractivity contribution in [3.05, 3.63) is 23.4 Å². The summed E-state index contributed by atoms with van der Waals surface area (Å²) in [7, 11) is 0. The summed E-state index contributed by atoms with van der Waals surface area (Å²) in [6, 6.07) is 5.23. The zero-order chi connectivity index (χ0) is 14.8. The van der Waals surface area contributed by atoms with Crippen LogP contribution >= 0.6 is 0 Å². The molecule has 0 radical (unpaired) electrons. The lowest BCUT2D eigenvalue weighted by Crippen LogP contribution is -2.35.